The van der Waals surface area contributed by atoms with Crippen molar-refractivity contribution < 1.29 is 8.42 Å². The lowest BCUT2D eigenvalue weighted by atomic mass is 10.3. The summed E-state index contributed by atoms with van der Waals surface area (Å²) in [7, 11) is -3.40. The molecular weight excluding hydrogens is 276 g/mol. The van der Waals surface area contributed by atoms with E-state index in [2.05, 4.69) is 11.6 Å². The molecular formula is C10H14N2O2S3. The first-order valence-corrected chi connectivity index (χ1v) is 8.07. The first-order chi connectivity index (χ1) is 7.94. The molecule has 1 heterocycles. The summed E-state index contributed by atoms with van der Waals surface area (Å²) in [5.41, 5.74) is 5.45. The summed E-state index contributed by atoms with van der Waals surface area (Å²) in [6.45, 7) is 2.06. The maximum Gasteiger partial charge on any atom is 0.250 e. The Morgan fingerprint density at radius 3 is 2.82 bits per heavy atom. The smallest absolute Gasteiger partial charge is 0.250 e. The van der Waals surface area contributed by atoms with Crippen LogP contribution in [0, 0.1) is 5.92 Å². The van der Waals surface area contributed by atoms with E-state index in [1.165, 1.54) is 0 Å². The number of sulfonamides is 1. The van der Waals surface area contributed by atoms with Crippen LogP contribution in [0.2, 0.25) is 0 Å². The molecule has 1 aliphatic rings. The van der Waals surface area contributed by atoms with E-state index in [-0.39, 0.29) is 15.2 Å². The minimum Gasteiger partial charge on any atom is -0.389 e. The maximum absolute atomic E-state index is 12.0. The molecule has 4 nitrogen and oxygen atoms in total. The first-order valence-electron chi connectivity index (χ1n) is 5.36. The van der Waals surface area contributed by atoms with Crippen LogP contribution in [-0.2, 0) is 10.0 Å². The predicted octanol–water partition coefficient (Wildman–Crippen LogP) is 1.46. The third-order valence-electron chi connectivity index (χ3n) is 2.84. The van der Waals surface area contributed by atoms with Crippen molar-refractivity contribution in [3.63, 3.8) is 0 Å². The average Bonchev–Trinajstić information content (AvgIpc) is 2.80. The molecule has 1 aliphatic carbocycles. The molecule has 17 heavy (non-hydrogen) atoms. The average molecular weight is 290 g/mol. The summed E-state index contributed by atoms with van der Waals surface area (Å²) in [6, 6.07) is 3.29. The Labute approximate surface area is 110 Å². The summed E-state index contributed by atoms with van der Waals surface area (Å²) in [5, 5.41) is 0. The Kier molecular flexibility index (Phi) is 3.53. The molecule has 1 fully saturated rings. The third kappa shape index (κ3) is 2.85. The predicted molar refractivity (Wildman–Crippen MR) is 72.7 cm³/mol. The number of thiophene rings is 1. The van der Waals surface area contributed by atoms with Crippen molar-refractivity contribution in [3.8, 4) is 0 Å². The fourth-order valence-electron chi connectivity index (χ4n) is 1.70. The highest BCUT2D eigenvalue weighted by Gasteiger charge is 2.38. The fraction of sp³-hybridized carbons (Fsp3) is 0.500. The molecule has 2 atom stereocenters. The van der Waals surface area contributed by atoms with Crippen molar-refractivity contribution in [1.82, 2.24) is 4.72 Å². The second-order valence-corrected chi connectivity index (χ2v) is 7.58. The maximum atomic E-state index is 12.0. The second-order valence-electron chi connectivity index (χ2n) is 4.11. The van der Waals surface area contributed by atoms with Crippen LogP contribution in [0.25, 0.3) is 0 Å². The van der Waals surface area contributed by atoms with Gasteiger partial charge in [-0.05, 0) is 24.5 Å². The molecule has 3 N–H and O–H groups in total. The van der Waals surface area contributed by atoms with Gasteiger partial charge in [0.1, 0.15) is 9.20 Å². The van der Waals surface area contributed by atoms with E-state index < -0.39 is 10.0 Å². The molecule has 0 amide bonds. The number of nitrogens with two attached hydrogens (primary N) is 1. The Morgan fingerprint density at radius 2 is 2.35 bits per heavy atom. The van der Waals surface area contributed by atoms with Crippen molar-refractivity contribution >= 4 is 38.6 Å². The molecule has 0 bridgehead atoms. The molecule has 1 aromatic heterocycles. The van der Waals surface area contributed by atoms with Crippen LogP contribution in [-0.4, -0.2) is 19.4 Å². The van der Waals surface area contributed by atoms with Gasteiger partial charge in [-0.15, -0.1) is 11.3 Å². The van der Waals surface area contributed by atoms with Crippen molar-refractivity contribution in [2.75, 3.05) is 0 Å². The largest absolute Gasteiger partial charge is 0.389 e. The van der Waals surface area contributed by atoms with Crippen molar-refractivity contribution in [2.45, 2.75) is 30.0 Å². The van der Waals surface area contributed by atoms with E-state index in [4.69, 9.17) is 18.0 Å². The molecule has 2 rings (SSSR count). The van der Waals surface area contributed by atoms with Gasteiger partial charge in [-0.25, -0.2) is 13.1 Å². The molecule has 0 saturated heterocycles. The van der Waals surface area contributed by atoms with Gasteiger partial charge in [0.25, 0.3) is 0 Å². The molecule has 0 aliphatic heterocycles. The molecule has 0 radical (unpaired) electrons. The summed E-state index contributed by atoms with van der Waals surface area (Å²) in [6.07, 6.45) is 1.94. The van der Waals surface area contributed by atoms with Gasteiger partial charge in [-0.2, -0.15) is 0 Å². The van der Waals surface area contributed by atoms with E-state index in [9.17, 15) is 8.42 Å². The van der Waals surface area contributed by atoms with Crippen LogP contribution < -0.4 is 10.5 Å². The van der Waals surface area contributed by atoms with Gasteiger partial charge >= 0.3 is 0 Å². The topological polar surface area (TPSA) is 72.2 Å². The minimum absolute atomic E-state index is 0.0976. The van der Waals surface area contributed by atoms with Crippen LogP contribution in [0.5, 0.6) is 0 Å². The molecule has 1 aromatic rings. The number of nitrogens with one attached hydrogen (secondary N) is 1. The van der Waals surface area contributed by atoms with Crippen LogP contribution in [0.3, 0.4) is 0 Å². The SMILES string of the molecule is CCC1CC1NS(=O)(=O)c1ccc(C(N)=S)s1. The summed E-state index contributed by atoms with van der Waals surface area (Å²) >= 11 is 5.92. The lowest BCUT2D eigenvalue weighted by molar-refractivity contribution is 0.578. The van der Waals surface area contributed by atoms with Crippen LogP contribution in [0.1, 0.15) is 24.6 Å². The third-order valence-corrected chi connectivity index (χ3v) is 6.29. The van der Waals surface area contributed by atoms with Crippen LogP contribution in [0.15, 0.2) is 16.3 Å². The summed E-state index contributed by atoms with van der Waals surface area (Å²) in [4.78, 5) is 0.859. The number of rotatable bonds is 5. The number of hydrogen-bond donors (Lipinski definition) is 2. The highest BCUT2D eigenvalue weighted by Crippen LogP contribution is 2.35. The summed E-state index contributed by atoms with van der Waals surface area (Å²) < 4.78 is 27.0. The Balaban J connectivity index is 2.12. The van der Waals surface area contributed by atoms with Crippen molar-refractivity contribution in [3.05, 3.63) is 17.0 Å². The molecule has 0 spiro atoms. The molecule has 0 aromatic carbocycles. The second kappa shape index (κ2) is 4.64. The van der Waals surface area contributed by atoms with Crippen molar-refractivity contribution in [2.24, 2.45) is 11.7 Å². The highest BCUT2D eigenvalue weighted by molar-refractivity contribution is 7.91. The van der Waals surface area contributed by atoms with Crippen LogP contribution >= 0.6 is 23.6 Å². The Bertz CT molecular complexity index is 536. The van der Waals surface area contributed by atoms with Gasteiger partial charge in [-0.1, -0.05) is 25.6 Å². The molecule has 2 unspecified atom stereocenters. The van der Waals surface area contributed by atoms with E-state index >= 15 is 0 Å². The quantitative estimate of drug-likeness (QED) is 0.805. The molecule has 94 valence electrons. The fourth-order valence-corrected chi connectivity index (χ4v) is 4.38. The van der Waals surface area contributed by atoms with E-state index in [1.54, 1.807) is 12.1 Å². The monoisotopic (exact) mass is 290 g/mol. The normalized spacial score (nSPS) is 23.6. The molecule has 1 saturated carbocycles. The van der Waals surface area contributed by atoms with Gasteiger partial charge in [-0.3, -0.25) is 0 Å². The van der Waals surface area contributed by atoms with Crippen LogP contribution in [0.4, 0.5) is 0 Å². The summed E-state index contributed by atoms with van der Waals surface area (Å²) in [5.74, 6) is 0.486. The highest BCUT2D eigenvalue weighted by atomic mass is 32.2. The van der Waals surface area contributed by atoms with Gasteiger partial charge < -0.3 is 5.73 Å². The van der Waals surface area contributed by atoms with E-state index in [0.29, 0.717) is 10.8 Å². The van der Waals surface area contributed by atoms with E-state index in [0.717, 1.165) is 24.2 Å². The van der Waals surface area contributed by atoms with E-state index in [1.807, 2.05) is 0 Å². The zero-order valence-electron chi connectivity index (χ0n) is 9.34. The molecule has 7 heteroatoms. The Morgan fingerprint density at radius 1 is 1.65 bits per heavy atom. The number of hydrogen-bond acceptors (Lipinski definition) is 4. The Hall–Kier alpha value is -0.500. The minimum atomic E-state index is -3.40. The van der Waals surface area contributed by atoms with Gasteiger partial charge in [0.2, 0.25) is 10.0 Å². The van der Waals surface area contributed by atoms with Gasteiger partial charge in [0, 0.05) is 6.04 Å². The zero-order valence-corrected chi connectivity index (χ0v) is 11.8. The van der Waals surface area contributed by atoms with Crippen molar-refractivity contribution in [1.29, 1.82) is 0 Å². The van der Waals surface area contributed by atoms with Gasteiger partial charge in [0.05, 0.1) is 4.88 Å². The number of thiocarbonyl (C=S) groups is 1. The zero-order chi connectivity index (χ0) is 12.6. The lowest BCUT2D eigenvalue weighted by Crippen LogP contribution is -2.26. The first kappa shape index (κ1) is 12.9. The lowest BCUT2D eigenvalue weighted by Gasteiger charge is -2.02. The standard InChI is InChI=1S/C10H14N2O2S3/c1-2-6-5-7(6)12-17(13,14)9-4-3-8(16-9)10(11)15/h3-4,6-7,12H,2,5H2,1H3,(H2,11,15). The van der Waals surface area contributed by atoms with Gasteiger partial charge in [0.15, 0.2) is 0 Å².